The first-order chi connectivity index (χ1) is 15.5. The molecule has 1 aliphatic heterocycles. The summed E-state index contributed by atoms with van der Waals surface area (Å²) in [7, 11) is 1.98. The number of fused-ring (bicyclic) bond motifs is 1. The van der Waals surface area contributed by atoms with Gasteiger partial charge < -0.3 is 14.6 Å². The van der Waals surface area contributed by atoms with Crippen LogP contribution in [0.2, 0.25) is 0 Å². The highest BCUT2D eigenvalue weighted by Gasteiger charge is 2.29. The first kappa shape index (κ1) is 22.8. The van der Waals surface area contributed by atoms with Gasteiger partial charge in [-0.05, 0) is 38.8 Å². The van der Waals surface area contributed by atoms with Crippen LogP contribution in [0.25, 0.3) is 11.0 Å². The van der Waals surface area contributed by atoms with Gasteiger partial charge in [-0.25, -0.2) is 0 Å². The second-order valence-electron chi connectivity index (χ2n) is 9.53. The summed E-state index contributed by atoms with van der Waals surface area (Å²) in [4.78, 5) is 29.5. The van der Waals surface area contributed by atoms with Gasteiger partial charge in [-0.3, -0.25) is 14.5 Å². The van der Waals surface area contributed by atoms with Crippen LogP contribution in [0.3, 0.4) is 0 Å². The van der Waals surface area contributed by atoms with Crippen LogP contribution in [0.4, 0.5) is 0 Å². The van der Waals surface area contributed by atoms with Crippen molar-refractivity contribution in [2.24, 2.45) is 5.92 Å². The maximum Gasteiger partial charge on any atom is 0.234 e. The fourth-order valence-corrected chi connectivity index (χ4v) is 5.30. The highest BCUT2D eigenvalue weighted by Crippen LogP contribution is 2.28. The molecule has 1 saturated carbocycles. The Kier molecular flexibility index (Phi) is 7.51. The molecule has 0 atom stereocenters. The van der Waals surface area contributed by atoms with Gasteiger partial charge in [0.2, 0.25) is 11.8 Å². The Hall–Kier alpha value is -2.34. The molecule has 6 heteroatoms. The number of nitrogens with one attached hydrogen (secondary N) is 1. The van der Waals surface area contributed by atoms with Gasteiger partial charge in [-0.2, -0.15) is 0 Å². The zero-order valence-electron chi connectivity index (χ0n) is 19.6. The number of furan rings is 1. The molecule has 1 saturated heterocycles. The summed E-state index contributed by atoms with van der Waals surface area (Å²) in [5.41, 5.74) is 2.08. The van der Waals surface area contributed by atoms with E-state index in [1.165, 1.54) is 24.8 Å². The summed E-state index contributed by atoms with van der Waals surface area (Å²) in [6.07, 6.45) is 8.27. The minimum Gasteiger partial charge on any atom is -0.461 e. The Balaban J connectivity index is 1.24. The largest absolute Gasteiger partial charge is 0.461 e. The number of piperidine rings is 1. The minimum absolute atomic E-state index is 0.0513. The highest BCUT2D eigenvalue weighted by atomic mass is 16.3. The number of carbonyl (C=O) groups excluding carboxylic acids is 2. The number of para-hydroxylation sites is 1. The average molecular weight is 440 g/mol. The van der Waals surface area contributed by atoms with Crippen molar-refractivity contribution in [1.82, 2.24) is 15.1 Å². The Morgan fingerprint density at radius 2 is 1.81 bits per heavy atom. The van der Waals surface area contributed by atoms with Crippen molar-refractivity contribution < 1.29 is 14.0 Å². The van der Waals surface area contributed by atoms with Crippen LogP contribution in [0.5, 0.6) is 0 Å². The Bertz CT molecular complexity index is 924. The summed E-state index contributed by atoms with van der Waals surface area (Å²) in [6, 6.07) is 8.26. The molecule has 0 radical (unpaired) electrons. The van der Waals surface area contributed by atoms with Gasteiger partial charge in [0, 0.05) is 49.0 Å². The second-order valence-corrected chi connectivity index (χ2v) is 9.53. The number of hydrogen-bond acceptors (Lipinski definition) is 4. The van der Waals surface area contributed by atoms with Crippen molar-refractivity contribution >= 4 is 22.8 Å². The number of aryl methyl sites for hydroxylation is 1. The topological polar surface area (TPSA) is 65.8 Å². The van der Waals surface area contributed by atoms with Crippen LogP contribution in [0.15, 0.2) is 28.7 Å². The predicted molar refractivity (Wildman–Crippen MR) is 126 cm³/mol. The molecule has 2 aliphatic rings. The van der Waals surface area contributed by atoms with Crippen LogP contribution in [0, 0.1) is 5.92 Å². The molecule has 0 bridgehead atoms. The van der Waals surface area contributed by atoms with E-state index in [9.17, 15) is 9.59 Å². The molecule has 0 spiro atoms. The lowest BCUT2D eigenvalue weighted by molar-refractivity contribution is -0.137. The maximum absolute atomic E-state index is 12.7. The summed E-state index contributed by atoms with van der Waals surface area (Å²) in [6.45, 7) is 4.65. The zero-order chi connectivity index (χ0) is 22.5. The summed E-state index contributed by atoms with van der Waals surface area (Å²) in [5.74, 6) is 1.62. The van der Waals surface area contributed by atoms with E-state index in [0.29, 0.717) is 19.0 Å². The fourth-order valence-electron chi connectivity index (χ4n) is 5.30. The van der Waals surface area contributed by atoms with E-state index in [-0.39, 0.29) is 17.9 Å². The second kappa shape index (κ2) is 10.5. The number of likely N-dealkylation sites (N-methyl/N-ethyl adjacent to an activating group) is 1. The lowest BCUT2D eigenvalue weighted by Gasteiger charge is -2.35. The van der Waals surface area contributed by atoms with E-state index in [2.05, 4.69) is 18.3 Å². The van der Waals surface area contributed by atoms with Crippen LogP contribution >= 0.6 is 0 Å². The van der Waals surface area contributed by atoms with E-state index in [1.807, 2.05) is 35.0 Å². The molecule has 1 aromatic carbocycles. The quantitative estimate of drug-likeness (QED) is 0.705. The Morgan fingerprint density at radius 3 is 2.53 bits per heavy atom. The molecule has 2 heterocycles. The summed E-state index contributed by atoms with van der Waals surface area (Å²) < 4.78 is 5.99. The van der Waals surface area contributed by atoms with Gasteiger partial charge in [-0.15, -0.1) is 0 Å². The van der Waals surface area contributed by atoms with E-state index < -0.39 is 0 Å². The molecule has 2 aromatic rings. The molecule has 32 heavy (non-hydrogen) atoms. The molecule has 6 nitrogen and oxygen atoms in total. The van der Waals surface area contributed by atoms with Crippen molar-refractivity contribution in [3.63, 3.8) is 0 Å². The third kappa shape index (κ3) is 5.34. The number of amides is 2. The molecule has 2 amide bonds. The molecule has 1 N–H and O–H groups in total. The molecule has 1 aromatic heterocycles. The summed E-state index contributed by atoms with van der Waals surface area (Å²) >= 11 is 0. The van der Waals surface area contributed by atoms with E-state index in [4.69, 9.17) is 4.42 Å². The van der Waals surface area contributed by atoms with Crippen LogP contribution in [-0.2, 0) is 22.6 Å². The first-order valence-corrected chi connectivity index (χ1v) is 12.3. The Morgan fingerprint density at radius 1 is 1.09 bits per heavy atom. The molecular formula is C26H37N3O3. The average Bonchev–Trinajstić information content (AvgIpc) is 3.17. The minimum atomic E-state index is 0.0513. The lowest BCUT2D eigenvalue weighted by Crippen LogP contribution is -2.49. The third-order valence-corrected chi connectivity index (χ3v) is 7.07. The van der Waals surface area contributed by atoms with Gasteiger partial charge in [0.15, 0.2) is 0 Å². The van der Waals surface area contributed by atoms with Crippen molar-refractivity contribution in [1.29, 1.82) is 0 Å². The van der Waals surface area contributed by atoms with E-state index in [1.54, 1.807) is 0 Å². The predicted octanol–water partition coefficient (Wildman–Crippen LogP) is 4.11. The van der Waals surface area contributed by atoms with Crippen LogP contribution < -0.4 is 5.32 Å². The van der Waals surface area contributed by atoms with Crippen LogP contribution in [-0.4, -0.2) is 54.3 Å². The highest BCUT2D eigenvalue weighted by molar-refractivity contribution is 5.82. The fraction of sp³-hybridized carbons (Fsp3) is 0.615. The Labute approximate surface area is 191 Å². The van der Waals surface area contributed by atoms with Crippen molar-refractivity contribution in [3.05, 3.63) is 35.6 Å². The third-order valence-electron chi connectivity index (χ3n) is 7.07. The SMILES string of the molecule is CCc1oc2ccccc2c1CN(C)CC(=O)NC1CCN(C(=O)C2CCCCC2)CC1. The van der Waals surface area contributed by atoms with E-state index >= 15 is 0 Å². The van der Waals surface area contributed by atoms with Crippen molar-refractivity contribution in [3.8, 4) is 0 Å². The number of benzene rings is 1. The number of likely N-dealkylation sites (tertiary alicyclic amines) is 1. The number of carbonyl (C=O) groups is 2. The molecule has 0 unspecified atom stereocenters. The van der Waals surface area contributed by atoms with Crippen molar-refractivity contribution in [2.45, 2.75) is 70.9 Å². The van der Waals surface area contributed by atoms with Crippen LogP contribution in [0.1, 0.15) is 63.2 Å². The zero-order valence-corrected chi connectivity index (χ0v) is 19.6. The molecular weight excluding hydrogens is 402 g/mol. The van der Waals surface area contributed by atoms with Crippen molar-refractivity contribution in [2.75, 3.05) is 26.7 Å². The standard InChI is InChI=1S/C26H37N3O3/c1-3-23-22(21-11-7-8-12-24(21)32-23)17-28(2)18-25(30)27-20-13-15-29(16-14-20)26(31)19-9-5-4-6-10-19/h7-8,11-12,19-20H,3-6,9-10,13-18H2,1-2H3,(H,27,30). The number of hydrogen-bond donors (Lipinski definition) is 1. The molecule has 1 aliphatic carbocycles. The van der Waals surface area contributed by atoms with E-state index in [0.717, 1.165) is 61.9 Å². The molecule has 2 fully saturated rings. The normalized spacial score (nSPS) is 18.4. The maximum atomic E-state index is 12.7. The lowest BCUT2D eigenvalue weighted by atomic mass is 9.87. The summed E-state index contributed by atoms with van der Waals surface area (Å²) in [5, 5.41) is 4.32. The molecule has 4 rings (SSSR count). The van der Waals surface area contributed by atoms with Gasteiger partial charge in [0.1, 0.15) is 11.3 Å². The number of rotatable bonds is 7. The number of nitrogens with zero attached hydrogens (tertiary/aromatic N) is 2. The first-order valence-electron chi connectivity index (χ1n) is 12.3. The monoisotopic (exact) mass is 439 g/mol. The van der Waals surface area contributed by atoms with Gasteiger partial charge in [0.25, 0.3) is 0 Å². The van der Waals surface area contributed by atoms with Gasteiger partial charge in [-0.1, -0.05) is 44.4 Å². The van der Waals surface area contributed by atoms with Gasteiger partial charge in [0.05, 0.1) is 6.54 Å². The smallest absolute Gasteiger partial charge is 0.234 e. The molecule has 174 valence electrons. The van der Waals surface area contributed by atoms with Gasteiger partial charge >= 0.3 is 0 Å².